The molecule has 0 aliphatic carbocycles. The van der Waals surface area contributed by atoms with Crippen LogP contribution in [0.5, 0.6) is 0 Å². The SMILES string of the molecule is CO/N=C(/CN(C)C(=O)Nc1cc(C(F)(F)F)cc(C(F)(F)F)c1)C(CCN1CCC(O)(c2ccccc2)CC1)c1ccc(Cl)c(Cl)c1. The molecule has 3 aromatic rings. The van der Waals surface area contributed by atoms with Gasteiger partial charge in [-0.05, 0) is 67.3 Å². The minimum Gasteiger partial charge on any atom is -0.399 e. The maximum Gasteiger partial charge on any atom is 0.416 e. The van der Waals surface area contributed by atoms with E-state index < -0.39 is 46.7 Å². The summed E-state index contributed by atoms with van der Waals surface area (Å²) in [6.07, 6.45) is -8.66. The third-order valence-electron chi connectivity index (χ3n) is 8.27. The van der Waals surface area contributed by atoms with E-state index in [-0.39, 0.29) is 17.6 Å². The van der Waals surface area contributed by atoms with Crippen LogP contribution in [0.2, 0.25) is 10.0 Å². The number of hydrogen-bond donors (Lipinski definition) is 2. The van der Waals surface area contributed by atoms with Crippen LogP contribution >= 0.6 is 23.2 Å². The molecule has 2 N–H and O–H groups in total. The fraction of sp³-hybridized carbons (Fsp3) is 0.394. The molecule has 48 heavy (non-hydrogen) atoms. The Balaban J connectivity index is 1.52. The van der Waals surface area contributed by atoms with E-state index in [9.17, 15) is 36.2 Å². The second kappa shape index (κ2) is 15.4. The average Bonchev–Trinajstić information content (AvgIpc) is 3.03. The number of aliphatic hydroxyl groups is 1. The summed E-state index contributed by atoms with van der Waals surface area (Å²) < 4.78 is 80.2. The summed E-state index contributed by atoms with van der Waals surface area (Å²) in [6.45, 7) is 1.56. The quantitative estimate of drug-likeness (QED) is 0.125. The van der Waals surface area contributed by atoms with Gasteiger partial charge in [-0.2, -0.15) is 26.3 Å². The molecule has 0 bridgehead atoms. The molecule has 0 radical (unpaired) electrons. The van der Waals surface area contributed by atoms with E-state index in [1.807, 2.05) is 30.3 Å². The Morgan fingerprint density at radius 2 is 1.58 bits per heavy atom. The van der Waals surface area contributed by atoms with Crippen molar-refractivity contribution >= 4 is 40.6 Å². The summed E-state index contributed by atoms with van der Waals surface area (Å²) >= 11 is 12.5. The molecule has 15 heteroatoms. The number of oxime groups is 1. The van der Waals surface area contributed by atoms with Crippen LogP contribution in [0.15, 0.2) is 71.9 Å². The van der Waals surface area contributed by atoms with E-state index in [0.717, 1.165) is 10.5 Å². The molecule has 1 saturated heterocycles. The van der Waals surface area contributed by atoms with Crippen molar-refractivity contribution in [1.29, 1.82) is 0 Å². The van der Waals surface area contributed by atoms with Crippen LogP contribution in [0.25, 0.3) is 0 Å². The summed E-state index contributed by atoms with van der Waals surface area (Å²) in [5.41, 5.74) is -2.85. The number of piperidine rings is 1. The fourth-order valence-electron chi connectivity index (χ4n) is 5.63. The molecule has 1 aliphatic heterocycles. The van der Waals surface area contributed by atoms with Crippen molar-refractivity contribution < 1.29 is 41.1 Å². The summed E-state index contributed by atoms with van der Waals surface area (Å²) in [4.78, 5) is 21.5. The predicted octanol–water partition coefficient (Wildman–Crippen LogP) is 8.65. The van der Waals surface area contributed by atoms with E-state index in [0.29, 0.717) is 67.3 Å². The van der Waals surface area contributed by atoms with E-state index in [1.165, 1.54) is 14.2 Å². The lowest BCUT2D eigenvalue weighted by Crippen LogP contribution is -2.43. The number of amides is 2. The number of nitrogens with zero attached hydrogens (tertiary/aromatic N) is 3. The van der Waals surface area contributed by atoms with E-state index in [1.54, 1.807) is 18.2 Å². The number of nitrogens with one attached hydrogen (secondary N) is 1. The maximum absolute atomic E-state index is 13.4. The predicted molar refractivity (Wildman–Crippen MR) is 172 cm³/mol. The second-order valence-corrected chi connectivity index (χ2v) is 12.4. The Bertz CT molecular complexity index is 1560. The number of hydrogen-bond acceptors (Lipinski definition) is 5. The molecule has 7 nitrogen and oxygen atoms in total. The molecule has 0 aromatic heterocycles. The lowest BCUT2D eigenvalue weighted by molar-refractivity contribution is -0.143. The van der Waals surface area contributed by atoms with Crippen molar-refractivity contribution in [3.05, 3.63) is 99.0 Å². The van der Waals surface area contributed by atoms with Gasteiger partial charge in [0.2, 0.25) is 0 Å². The highest BCUT2D eigenvalue weighted by Gasteiger charge is 2.38. The highest BCUT2D eigenvalue weighted by atomic mass is 35.5. The molecular formula is C33H34Cl2F6N4O3. The molecule has 3 aromatic carbocycles. The number of anilines is 1. The van der Waals surface area contributed by atoms with Gasteiger partial charge in [-0.1, -0.05) is 64.8 Å². The van der Waals surface area contributed by atoms with E-state index >= 15 is 0 Å². The van der Waals surface area contributed by atoms with Crippen LogP contribution in [0.4, 0.5) is 36.8 Å². The van der Waals surface area contributed by atoms with Crippen LogP contribution in [0, 0.1) is 0 Å². The van der Waals surface area contributed by atoms with Crippen LogP contribution in [0.3, 0.4) is 0 Å². The average molecular weight is 720 g/mol. The normalized spacial score (nSPS) is 16.4. The third kappa shape index (κ3) is 9.55. The van der Waals surface area contributed by atoms with Crippen molar-refractivity contribution in [3.8, 4) is 0 Å². The van der Waals surface area contributed by atoms with Gasteiger partial charge in [0.1, 0.15) is 7.11 Å². The van der Waals surface area contributed by atoms with Crippen LogP contribution < -0.4 is 5.32 Å². The van der Waals surface area contributed by atoms with Crippen molar-refractivity contribution in [2.75, 3.05) is 45.7 Å². The smallest absolute Gasteiger partial charge is 0.399 e. The maximum atomic E-state index is 13.4. The third-order valence-corrected chi connectivity index (χ3v) is 9.01. The Labute approximate surface area is 284 Å². The molecule has 1 heterocycles. The zero-order valence-corrected chi connectivity index (χ0v) is 27.5. The van der Waals surface area contributed by atoms with Gasteiger partial charge in [-0.25, -0.2) is 4.79 Å². The summed E-state index contributed by atoms with van der Waals surface area (Å²) in [5, 5.41) is 18.1. The lowest BCUT2D eigenvalue weighted by Gasteiger charge is -2.39. The van der Waals surface area contributed by atoms with E-state index in [2.05, 4.69) is 15.4 Å². The Kier molecular flexibility index (Phi) is 11.9. The van der Waals surface area contributed by atoms with Crippen LogP contribution in [-0.2, 0) is 22.8 Å². The number of rotatable bonds is 10. The number of carbonyl (C=O) groups is 1. The van der Waals surface area contributed by atoms with Gasteiger partial charge in [0.15, 0.2) is 0 Å². The van der Waals surface area contributed by atoms with Crippen LogP contribution in [-0.4, -0.2) is 67.0 Å². The van der Waals surface area contributed by atoms with Gasteiger partial charge in [-0.15, -0.1) is 0 Å². The second-order valence-electron chi connectivity index (χ2n) is 11.6. The minimum atomic E-state index is -5.08. The summed E-state index contributed by atoms with van der Waals surface area (Å²) in [5.74, 6) is -0.490. The largest absolute Gasteiger partial charge is 0.416 e. The first-order valence-electron chi connectivity index (χ1n) is 14.9. The first-order chi connectivity index (χ1) is 22.5. The molecule has 260 valence electrons. The van der Waals surface area contributed by atoms with Crippen molar-refractivity contribution in [2.24, 2.45) is 5.16 Å². The highest BCUT2D eigenvalue weighted by Crippen LogP contribution is 2.38. The molecule has 1 fully saturated rings. The molecule has 0 saturated carbocycles. The number of halogens is 8. The molecule has 1 atom stereocenters. The number of carbonyl (C=O) groups excluding carboxylic acids is 1. The highest BCUT2D eigenvalue weighted by molar-refractivity contribution is 6.42. The van der Waals surface area contributed by atoms with Crippen molar-refractivity contribution in [3.63, 3.8) is 0 Å². The van der Waals surface area contributed by atoms with Gasteiger partial charge in [0.05, 0.1) is 39.0 Å². The molecule has 4 rings (SSSR count). The number of benzene rings is 3. The molecule has 0 spiro atoms. The zero-order valence-electron chi connectivity index (χ0n) is 26.0. The molecule has 1 unspecified atom stereocenters. The zero-order chi connectivity index (χ0) is 35.3. The Morgan fingerprint density at radius 3 is 2.12 bits per heavy atom. The van der Waals surface area contributed by atoms with Gasteiger partial charge in [0.25, 0.3) is 0 Å². The summed E-state index contributed by atoms with van der Waals surface area (Å²) in [6, 6.07) is 14.3. The molecule has 1 aliphatic rings. The van der Waals surface area contributed by atoms with Gasteiger partial charge >= 0.3 is 18.4 Å². The van der Waals surface area contributed by atoms with Gasteiger partial charge in [-0.3, -0.25) is 0 Å². The first-order valence-corrected chi connectivity index (χ1v) is 15.6. The molecule has 2 amide bonds. The fourth-order valence-corrected chi connectivity index (χ4v) is 5.94. The Hall–Kier alpha value is -3.52. The molecular weight excluding hydrogens is 685 g/mol. The number of alkyl halides is 6. The lowest BCUT2D eigenvalue weighted by atomic mass is 9.84. The van der Waals surface area contributed by atoms with Gasteiger partial charge in [0, 0.05) is 31.7 Å². The first kappa shape index (κ1) is 37.3. The topological polar surface area (TPSA) is 77.4 Å². The number of urea groups is 1. The Morgan fingerprint density at radius 1 is 0.979 bits per heavy atom. The number of likely N-dealkylation sites (tertiary alicyclic amines) is 1. The van der Waals surface area contributed by atoms with Gasteiger partial charge < -0.3 is 25.1 Å². The van der Waals surface area contributed by atoms with Crippen molar-refractivity contribution in [1.82, 2.24) is 9.80 Å². The van der Waals surface area contributed by atoms with Crippen molar-refractivity contribution in [2.45, 2.75) is 43.1 Å². The van der Waals surface area contributed by atoms with Crippen LogP contribution in [0.1, 0.15) is 47.4 Å². The van der Waals surface area contributed by atoms with E-state index in [4.69, 9.17) is 28.0 Å². The summed E-state index contributed by atoms with van der Waals surface area (Å²) in [7, 11) is 2.63. The standard InChI is InChI=1S/C33H34Cl2F6N4O3/c1-44(30(46)42-25-18-23(32(36,37)38)17-24(19-25)33(39,40)41)20-29(43-48-2)26(21-8-9-27(34)28(35)16-21)10-13-45-14-11-31(47,12-15-45)22-6-4-3-5-7-22/h3-9,16-19,26,47H,10-15,20H2,1-2H3,(H,42,46)/b43-29-. The minimum absolute atomic E-state index is 0.0187. The monoisotopic (exact) mass is 718 g/mol.